The molecule has 1 aliphatic rings. The molecule has 110 valence electrons. The molecule has 1 saturated heterocycles. The molecule has 5 heteroatoms. The number of hydrogen-bond acceptors (Lipinski definition) is 3. The van der Waals surface area contributed by atoms with Crippen LogP contribution in [0.4, 0.5) is 0 Å². The van der Waals surface area contributed by atoms with E-state index in [1.54, 1.807) is 18.7 Å². The van der Waals surface area contributed by atoms with Gasteiger partial charge in [-0.25, -0.2) is 0 Å². The third-order valence-electron chi connectivity index (χ3n) is 4.22. The van der Waals surface area contributed by atoms with Gasteiger partial charge in [-0.05, 0) is 39.0 Å². The Hall–Kier alpha value is -1.10. The number of aliphatic carboxylic acids is 1. The number of nitrogens with two attached hydrogens (primary N) is 1. The van der Waals surface area contributed by atoms with Gasteiger partial charge in [0.15, 0.2) is 0 Å². The van der Waals surface area contributed by atoms with E-state index in [1.807, 2.05) is 6.92 Å². The van der Waals surface area contributed by atoms with E-state index in [0.29, 0.717) is 19.5 Å². The molecule has 0 saturated carbocycles. The van der Waals surface area contributed by atoms with Crippen LogP contribution in [0.25, 0.3) is 0 Å². The van der Waals surface area contributed by atoms with Crippen molar-refractivity contribution in [3.05, 3.63) is 0 Å². The van der Waals surface area contributed by atoms with Gasteiger partial charge >= 0.3 is 5.97 Å². The summed E-state index contributed by atoms with van der Waals surface area (Å²) in [5.74, 6) is -0.839. The molecule has 0 aliphatic carbocycles. The summed E-state index contributed by atoms with van der Waals surface area (Å²) in [5.41, 5.74) is 5.07. The molecule has 0 aromatic rings. The number of carboxylic acids is 1. The molecular formula is C14H26N2O3. The molecule has 1 amide bonds. The maximum absolute atomic E-state index is 12.2. The monoisotopic (exact) mass is 270 g/mol. The summed E-state index contributed by atoms with van der Waals surface area (Å²) in [7, 11) is 0. The second-order valence-corrected chi connectivity index (χ2v) is 6.05. The summed E-state index contributed by atoms with van der Waals surface area (Å²) in [6.07, 6.45) is 3.27. The SMILES string of the molecule is CCC[C@@H](N)C(=O)N1CCCC(C(C)(C)C(=O)O)C1. The number of nitrogens with zero attached hydrogens (tertiary/aromatic N) is 1. The molecule has 1 fully saturated rings. The van der Waals surface area contributed by atoms with Crippen molar-refractivity contribution in [1.82, 2.24) is 4.90 Å². The van der Waals surface area contributed by atoms with Gasteiger partial charge in [-0.1, -0.05) is 13.3 Å². The van der Waals surface area contributed by atoms with E-state index < -0.39 is 17.4 Å². The van der Waals surface area contributed by atoms with E-state index >= 15 is 0 Å². The Balaban J connectivity index is 2.69. The molecule has 0 aromatic carbocycles. The van der Waals surface area contributed by atoms with Crippen molar-refractivity contribution in [2.75, 3.05) is 13.1 Å². The summed E-state index contributed by atoms with van der Waals surface area (Å²) in [6.45, 7) is 6.68. The van der Waals surface area contributed by atoms with E-state index in [0.717, 1.165) is 19.3 Å². The van der Waals surface area contributed by atoms with Crippen molar-refractivity contribution in [3.8, 4) is 0 Å². The molecule has 2 atom stereocenters. The number of amides is 1. The molecule has 1 heterocycles. The molecule has 0 spiro atoms. The van der Waals surface area contributed by atoms with Gasteiger partial charge in [0, 0.05) is 13.1 Å². The van der Waals surface area contributed by atoms with E-state index in [2.05, 4.69) is 0 Å². The third kappa shape index (κ3) is 3.69. The lowest BCUT2D eigenvalue weighted by molar-refractivity contribution is -0.153. The van der Waals surface area contributed by atoms with Crippen LogP contribution in [-0.4, -0.2) is 41.0 Å². The van der Waals surface area contributed by atoms with Gasteiger partial charge in [-0.15, -0.1) is 0 Å². The van der Waals surface area contributed by atoms with Crippen LogP contribution in [-0.2, 0) is 9.59 Å². The summed E-state index contributed by atoms with van der Waals surface area (Å²) < 4.78 is 0. The second kappa shape index (κ2) is 6.37. The molecular weight excluding hydrogens is 244 g/mol. The predicted molar refractivity (Wildman–Crippen MR) is 73.6 cm³/mol. The van der Waals surface area contributed by atoms with Crippen LogP contribution in [0, 0.1) is 11.3 Å². The molecule has 1 rings (SSSR count). The summed E-state index contributed by atoms with van der Waals surface area (Å²) >= 11 is 0. The summed E-state index contributed by atoms with van der Waals surface area (Å²) in [6, 6.07) is -0.448. The maximum Gasteiger partial charge on any atom is 0.309 e. The van der Waals surface area contributed by atoms with Crippen molar-refractivity contribution < 1.29 is 14.7 Å². The summed E-state index contributed by atoms with van der Waals surface area (Å²) in [5, 5.41) is 9.28. The Bertz CT molecular complexity index is 342. The minimum Gasteiger partial charge on any atom is -0.481 e. The van der Waals surface area contributed by atoms with Crippen molar-refractivity contribution in [2.24, 2.45) is 17.1 Å². The van der Waals surface area contributed by atoms with Gasteiger partial charge in [0.1, 0.15) is 0 Å². The molecule has 3 N–H and O–H groups in total. The highest BCUT2D eigenvalue weighted by Crippen LogP contribution is 2.34. The minimum atomic E-state index is -0.801. The molecule has 1 aliphatic heterocycles. The Morgan fingerprint density at radius 2 is 2.11 bits per heavy atom. The Morgan fingerprint density at radius 1 is 1.47 bits per heavy atom. The van der Waals surface area contributed by atoms with E-state index in [9.17, 15) is 14.7 Å². The van der Waals surface area contributed by atoms with Gasteiger partial charge in [-0.2, -0.15) is 0 Å². The van der Waals surface area contributed by atoms with Crippen LogP contribution in [0.2, 0.25) is 0 Å². The number of carbonyl (C=O) groups is 2. The zero-order valence-corrected chi connectivity index (χ0v) is 12.2. The fraction of sp³-hybridized carbons (Fsp3) is 0.857. The first kappa shape index (κ1) is 16.0. The number of piperidine rings is 1. The maximum atomic E-state index is 12.2. The van der Waals surface area contributed by atoms with Crippen LogP contribution in [0.5, 0.6) is 0 Å². The van der Waals surface area contributed by atoms with Crippen molar-refractivity contribution in [1.29, 1.82) is 0 Å². The molecule has 5 nitrogen and oxygen atoms in total. The quantitative estimate of drug-likeness (QED) is 0.792. The van der Waals surface area contributed by atoms with Gasteiger partial charge < -0.3 is 15.7 Å². The number of likely N-dealkylation sites (tertiary alicyclic amines) is 1. The smallest absolute Gasteiger partial charge is 0.309 e. The van der Waals surface area contributed by atoms with E-state index in [4.69, 9.17) is 5.73 Å². The van der Waals surface area contributed by atoms with Crippen LogP contribution in [0.15, 0.2) is 0 Å². The van der Waals surface area contributed by atoms with Gasteiger partial charge in [-0.3, -0.25) is 9.59 Å². The lowest BCUT2D eigenvalue weighted by Gasteiger charge is -2.40. The molecule has 19 heavy (non-hydrogen) atoms. The van der Waals surface area contributed by atoms with Crippen molar-refractivity contribution in [2.45, 2.75) is 52.5 Å². The second-order valence-electron chi connectivity index (χ2n) is 6.05. The zero-order valence-electron chi connectivity index (χ0n) is 12.2. The third-order valence-corrected chi connectivity index (χ3v) is 4.22. The van der Waals surface area contributed by atoms with Crippen LogP contribution < -0.4 is 5.73 Å². The first-order valence-corrected chi connectivity index (χ1v) is 7.08. The van der Waals surface area contributed by atoms with Gasteiger partial charge in [0.05, 0.1) is 11.5 Å². The average Bonchev–Trinajstić information content (AvgIpc) is 2.38. The zero-order chi connectivity index (χ0) is 14.6. The number of carboxylic acid groups (broad SMARTS) is 1. The van der Waals surface area contributed by atoms with Crippen LogP contribution in [0.3, 0.4) is 0 Å². The van der Waals surface area contributed by atoms with Crippen LogP contribution in [0.1, 0.15) is 46.5 Å². The average molecular weight is 270 g/mol. The predicted octanol–water partition coefficient (Wildman–Crippen LogP) is 1.46. The van der Waals surface area contributed by atoms with Gasteiger partial charge in [0.25, 0.3) is 0 Å². The Labute approximate surface area is 115 Å². The van der Waals surface area contributed by atoms with Crippen molar-refractivity contribution in [3.63, 3.8) is 0 Å². The van der Waals surface area contributed by atoms with E-state index in [1.165, 1.54) is 0 Å². The Morgan fingerprint density at radius 3 is 2.63 bits per heavy atom. The fourth-order valence-corrected chi connectivity index (χ4v) is 2.61. The number of hydrogen-bond donors (Lipinski definition) is 2. The molecule has 0 bridgehead atoms. The van der Waals surface area contributed by atoms with Crippen molar-refractivity contribution >= 4 is 11.9 Å². The first-order chi connectivity index (χ1) is 8.80. The largest absolute Gasteiger partial charge is 0.481 e. The highest BCUT2D eigenvalue weighted by atomic mass is 16.4. The lowest BCUT2D eigenvalue weighted by Crippen LogP contribution is -2.51. The first-order valence-electron chi connectivity index (χ1n) is 7.08. The highest BCUT2D eigenvalue weighted by Gasteiger charge is 2.40. The minimum absolute atomic E-state index is 0.00322. The number of carbonyl (C=O) groups excluding carboxylic acids is 1. The summed E-state index contributed by atoms with van der Waals surface area (Å²) in [4.78, 5) is 25.2. The normalized spacial score (nSPS) is 22.1. The molecule has 0 radical (unpaired) electrons. The van der Waals surface area contributed by atoms with E-state index in [-0.39, 0.29) is 11.8 Å². The topological polar surface area (TPSA) is 83.6 Å². The number of rotatable bonds is 5. The highest BCUT2D eigenvalue weighted by molar-refractivity contribution is 5.82. The van der Waals surface area contributed by atoms with Gasteiger partial charge in [0.2, 0.25) is 5.91 Å². The molecule has 1 unspecified atom stereocenters. The molecule has 0 aromatic heterocycles. The fourth-order valence-electron chi connectivity index (χ4n) is 2.61. The Kier molecular flexibility index (Phi) is 5.35. The standard InChI is InChI=1S/C14H26N2O3/c1-4-6-11(15)12(17)16-8-5-7-10(9-16)14(2,3)13(18)19/h10-11H,4-9,15H2,1-3H3,(H,18,19)/t10?,11-/m1/s1. The lowest BCUT2D eigenvalue weighted by atomic mass is 9.74. The van der Waals surface area contributed by atoms with Crippen LogP contribution >= 0.6 is 0 Å².